The smallest absolute Gasteiger partial charge is 0.154 e. The van der Waals surface area contributed by atoms with Gasteiger partial charge in [0.05, 0.1) is 13.2 Å². The predicted molar refractivity (Wildman–Crippen MR) is 51.0 cm³/mol. The number of rotatable bonds is 6. The van der Waals surface area contributed by atoms with Gasteiger partial charge in [0, 0.05) is 0 Å². The first kappa shape index (κ1) is 11.9. The zero-order chi connectivity index (χ0) is 9.56. The molecule has 0 aromatic carbocycles. The molecule has 0 amide bonds. The SMILES string of the molecule is CC(C)COC(C)OCC(C)C. The van der Waals surface area contributed by atoms with Crippen LogP contribution in [0.1, 0.15) is 34.6 Å². The number of hydrogen-bond donors (Lipinski definition) is 0. The van der Waals surface area contributed by atoms with E-state index in [1.54, 1.807) is 0 Å². The van der Waals surface area contributed by atoms with E-state index in [4.69, 9.17) is 9.47 Å². The van der Waals surface area contributed by atoms with Crippen LogP contribution >= 0.6 is 0 Å². The minimum absolute atomic E-state index is 0.0604. The lowest BCUT2D eigenvalue weighted by atomic mass is 10.2. The van der Waals surface area contributed by atoms with Gasteiger partial charge in [-0.2, -0.15) is 0 Å². The fourth-order valence-electron chi connectivity index (χ4n) is 0.704. The van der Waals surface area contributed by atoms with E-state index >= 15 is 0 Å². The lowest BCUT2D eigenvalue weighted by Crippen LogP contribution is -2.18. The molecular weight excluding hydrogens is 152 g/mol. The maximum atomic E-state index is 5.43. The Morgan fingerprint density at radius 1 is 0.750 bits per heavy atom. The summed E-state index contributed by atoms with van der Waals surface area (Å²) < 4.78 is 10.9. The molecule has 2 nitrogen and oxygen atoms in total. The molecule has 74 valence electrons. The Kier molecular flexibility index (Phi) is 6.39. The summed E-state index contributed by atoms with van der Waals surface area (Å²) in [5, 5.41) is 0. The van der Waals surface area contributed by atoms with E-state index in [1.165, 1.54) is 0 Å². The van der Waals surface area contributed by atoms with Crippen LogP contribution in [0.4, 0.5) is 0 Å². The van der Waals surface area contributed by atoms with Crippen LogP contribution in [-0.2, 0) is 9.47 Å². The second-order valence-electron chi connectivity index (χ2n) is 4.02. The van der Waals surface area contributed by atoms with Crippen molar-refractivity contribution in [3.8, 4) is 0 Å². The Morgan fingerprint density at radius 2 is 1.08 bits per heavy atom. The number of hydrogen-bond acceptors (Lipinski definition) is 2. The van der Waals surface area contributed by atoms with Gasteiger partial charge in [0.15, 0.2) is 6.29 Å². The van der Waals surface area contributed by atoms with Gasteiger partial charge in [-0.3, -0.25) is 0 Å². The van der Waals surface area contributed by atoms with Crippen molar-refractivity contribution in [3.05, 3.63) is 0 Å². The first-order valence-corrected chi connectivity index (χ1v) is 4.75. The average Bonchev–Trinajstić information content (AvgIpc) is 1.96. The van der Waals surface area contributed by atoms with Crippen LogP contribution in [0.3, 0.4) is 0 Å². The van der Waals surface area contributed by atoms with Crippen molar-refractivity contribution in [2.24, 2.45) is 11.8 Å². The summed E-state index contributed by atoms with van der Waals surface area (Å²) in [4.78, 5) is 0. The summed E-state index contributed by atoms with van der Waals surface area (Å²) in [6, 6.07) is 0. The molecule has 2 heteroatoms. The van der Waals surface area contributed by atoms with Crippen molar-refractivity contribution in [1.82, 2.24) is 0 Å². The lowest BCUT2D eigenvalue weighted by molar-refractivity contribution is -0.142. The first-order valence-electron chi connectivity index (χ1n) is 4.75. The first-order chi connectivity index (χ1) is 5.52. The molecule has 0 N–H and O–H groups in total. The summed E-state index contributed by atoms with van der Waals surface area (Å²) in [6.45, 7) is 12.0. The van der Waals surface area contributed by atoms with Gasteiger partial charge in [0.1, 0.15) is 0 Å². The van der Waals surface area contributed by atoms with Crippen LogP contribution in [0, 0.1) is 11.8 Å². The van der Waals surface area contributed by atoms with Crippen molar-refractivity contribution in [2.45, 2.75) is 40.9 Å². The molecule has 0 aliphatic carbocycles. The highest BCUT2D eigenvalue weighted by atomic mass is 16.7. The second kappa shape index (κ2) is 6.44. The molecule has 0 atom stereocenters. The summed E-state index contributed by atoms with van der Waals surface area (Å²) in [7, 11) is 0. The van der Waals surface area contributed by atoms with Crippen molar-refractivity contribution in [1.29, 1.82) is 0 Å². The van der Waals surface area contributed by atoms with E-state index in [0.717, 1.165) is 13.2 Å². The molecular formula is C10H22O2. The molecule has 0 aromatic heterocycles. The van der Waals surface area contributed by atoms with Crippen LogP contribution in [0.15, 0.2) is 0 Å². The highest BCUT2D eigenvalue weighted by Gasteiger charge is 2.04. The summed E-state index contributed by atoms with van der Waals surface area (Å²) in [6.07, 6.45) is -0.0604. The van der Waals surface area contributed by atoms with Gasteiger partial charge >= 0.3 is 0 Å². The van der Waals surface area contributed by atoms with Crippen molar-refractivity contribution in [3.63, 3.8) is 0 Å². The average molecular weight is 174 g/mol. The normalized spacial score (nSPS) is 12.0. The monoisotopic (exact) mass is 174 g/mol. The van der Waals surface area contributed by atoms with E-state index < -0.39 is 0 Å². The maximum absolute atomic E-state index is 5.43. The quantitative estimate of drug-likeness (QED) is 0.576. The Bertz CT molecular complexity index is 88.0. The van der Waals surface area contributed by atoms with E-state index in [1.807, 2.05) is 6.92 Å². The standard InChI is InChI=1S/C10H22O2/c1-8(2)6-11-10(5)12-7-9(3)4/h8-10H,6-7H2,1-5H3. The molecule has 0 saturated carbocycles. The van der Waals surface area contributed by atoms with Crippen molar-refractivity contribution >= 4 is 0 Å². The molecule has 0 spiro atoms. The van der Waals surface area contributed by atoms with Gasteiger partial charge in [-0.05, 0) is 18.8 Å². The Labute approximate surface area is 76.3 Å². The highest BCUT2D eigenvalue weighted by molar-refractivity contribution is 4.43. The third kappa shape index (κ3) is 8.02. The van der Waals surface area contributed by atoms with Gasteiger partial charge in [-0.25, -0.2) is 0 Å². The molecule has 0 aliphatic heterocycles. The summed E-state index contributed by atoms with van der Waals surface area (Å²) >= 11 is 0. The highest BCUT2D eigenvalue weighted by Crippen LogP contribution is 2.01. The van der Waals surface area contributed by atoms with Crippen LogP contribution in [-0.4, -0.2) is 19.5 Å². The Morgan fingerprint density at radius 3 is 1.33 bits per heavy atom. The van der Waals surface area contributed by atoms with Gasteiger partial charge in [-0.1, -0.05) is 27.7 Å². The number of ether oxygens (including phenoxy) is 2. The molecule has 0 unspecified atom stereocenters. The lowest BCUT2D eigenvalue weighted by Gasteiger charge is -2.16. The van der Waals surface area contributed by atoms with Gasteiger partial charge in [0.25, 0.3) is 0 Å². The summed E-state index contributed by atoms with van der Waals surface area (Å²) in [5.41, 5.74) is 0. The topological polar surface area (TPSA) is 18.5 Å². The Hall–Kier alpha value is -0.0800. The van der Waals surface area contributed by atoms with Crippen molar-refractivity contribution in [2.75, 3.05) is 13.2 Å². The maximum Gasteiger partial charge on any atom is 0.154 e. The van der Waals surface area contributed by atoms with Crippen molar-refractivity contribution < 1.29 is 9.47 Å². The fourth-order valence-corrected chi connectivity index (χ4v) is 0.704. The minimum Gasteiger partial charge on any atom is -0.353 e. The molecule has 12 heavy (non-hydrogen) atoms. The molecule has 0 radical (unpaired) electrons. The van der Waals surface area contributed by atoms with Gasteiger partial charge in [-0.15, -0.1) is 0 Å². The zero-order valence-electron chi connectivity index (χ0n) is 8.96. The molecule has 0 saturated heterocycles. The minimum atomic E-state index is -0.0604. The molecule has 0 bridgehead atoms. The van der Waals surface area contributed by atoms with Crippen LogP contribution in [0.25, 0.3) is 0 Å². The third-order valence-electron chi connectivity index (χ3n) is 1.33. The van der Waals surface area contributed by atoms with Gasteiger partial charge < -0.3 is 9.47 Å². The molecule has 0 aliphatic rings. The van der Waals surface area contributed by atoms with E-state index in [9.17, 15) is 0 Å². The van der Waals surface area contributed by atoms with Crippen LogP contribution < -0.4 is 0 Å². The molecule has 0 heterocycles. The van der Waals surface area contributed by atoms with Crippen LogP contribution in [0.2, 0.25) is 0 Å². The fraction of sp³-hybridized carbons (Fsp3) is 1.00. The predicted octanol–water partition coefficient (Wildman–Crippen LogP) is 2.68. The summed E-state index contributed by atoms with van der Waals surface area (Å²) in [5.74, 6) is 1.16. The molecule has 0 rings (SSSR count). The largest absolute Gasteiger partial charge is 0.353 e. The second-order valence-corrected chi connectivity index (χ2v) is 4.02. The van der Waals surface area contributed by atoms with E-state index in [2.05, 4.69) is 27.7 Å². The van der Waals surface area contributed by atoms with E-state index in [-0.39, 0.29) is 6.29 Å². The van der Waals surface area contributed by atoms with Crippen LogP contribution in [0.5, 0.6) is 0 Å². The zero-order valence-corrected chi connectivity index (χ0v) is 8.96. The Balaban J connectivity index is 3.27. The molecule has 0 fully saturated rings. The van der Waals surface area contributed by atoms with E-state index in [0.29, 0.717) is 11.8 Å². The third-order valence-corrected chi connectivity index (χ3v) is 1.33. The molecule has 0 aromatic rings. The van der Waals surface area contributed by atoms with Gasteiger partial charge in [0.2, 0.25) is 0 Å².